The molecule has 4 rings (SSSR count). The molecule has 1 N–H and O–H groups in total. The zero-order valence-corrected chi connectivity index (χ0v) is 20.4. The lowest BCUT2D eigenvalue weighted by Crippen LogP contribution is -2.29. The van der Waals surface area contributed by atoms with E-state index in [1.807, 2.05) is 0 Å². The van der Waals surface area contributed by atoms with Crippen molar-refractivity contribution >= 4 is 29.1 Å². The van der Waals surface area contributed by atoms with Crippen molar-refractivity contribution in [1.82, 2.24) is 4.98 Å². The number of esters is 1. The van der Waals surface area contributed by atoms with Crippen LogP contribution in [0.5, 0.6) is 5.75 Å². The topological polar surface area (TPSA) is 106 Å². The average Bonchev–Trinajstić information content (AvgIpc) is 3.14. The first-order valence-corrected chi connectivity index (χ1v) is 11.4. The second kappa shape index (κ2) is 10.0. The lowest BCUT2D eigenvalue weighted by atomic mass is 9.94. The molecule has 2 aromatic carbocycles. The highest BCUT2D eigenvalue weighted by Crippen LogP contribution is 2.42. The summed E-state index contributed by atoms with van der Waals surface area (Å²) in [7, 11) is 1.54. The first-order valence-electron chi connectivity index (χ1n) is 11.4. The molecule has 1 aliphatic heterocycles. The molecule has 3 aromatic rings. The number of rotatable bonds is 6. The summed E-state index contributed by atoms with van der Waals surface area (Å²) in [6.45, 7) is 5.25. The molecule has 36 heavy (non-hydrogen) atoms. The number of carbonyl (C=O) groups is 3. The van der Waals surface area contributed by atoms with E-state index in [-0.39, 0.29) is 23.0 Å². The molecule has 8 nitrogen and oxygen atoms in total. The van der Waals surface area contributed by atoms with E-state index >= 15 is 0 Å². The van der Waals surface area contributed by atoms with E-state index in [0.29, 0.717) is 28.1 Å². The fraction of sp³-hybridized carbons (Fsp3) is 0.214. The minimum atomic E-state index is -0.962. The number of hydrogen-bond acceptors (Lipinski definition) is 7. The normalized spacial score (nSPS) is 16.9. The van der Waals surface area contributed by atoms with Crippen molar-refractivity contribution in [2.75, 3.05) is 12.0 Å². The summed E-state index contributed by atoms with van der Waals surface area (Å²) >= 11 is 0. The maximum Gasteiger partial charge on any atom is 0.338 e. The third kappa shape index (κ3) is 4.57. The number of anilines is 1. The van der Waals surface area contributed by atoms with Crippen molar-refractivity contribution in [2.24, 2.45) is 0 Å². The van der Waals surface area contributed by atoms with Gasteiger partial charge < -0.3 is 14.6 Å². The molecule has 8 heteroatoms. The molecule has 1 aliphatic rings. The summed E-state index contributed by atoms with van der Waals surface area (Å²) in [6, 6.07) is 13.8. The summed E-state index contributed by atoms with van der Waals surface area (Å²) in [5, 5.41) is 11.3. The molecule has 0 saturated carbocycles. The highest BCUT2D eigenvalue weighted by molar-refractivity contribution is 6.51. The third-order valence-electron chi connectivity index (χ3n) is 5.84. The molecule has 1 atom stereocenters. The van der Waals surface area contributed by atoms with E-state index in [2.05, 4.69) is 4.98 Å². The SMILES string of the molecule is COc1ccc(/C(O)=C2/C(=O)C(=O)N(c3cccc(C(=O)OC(C)C)c3)C2c2cccnc2)c(C)c1. The first-order chi connectivity index (χ1) is 17.2. The Morgan fingerprint density at radius 3 is 2.50 bits per heavy atom. The van der Waals surface area contributed by atoms with Crippen LogP contribution in [0, 0.1) is 6.92 Å². The second-order valence-electron chi connectivity index (χ2n) is 8.64. The fourth-order valence-corrected chi connectivity index (χ4v) is 4.19. The molecule has 2 heterocycles. The predicted octanol–water partition coefficient (Wildman–Crippen LogP) is 4.59. The van der Waals surface area contributed by atoms with Gasteiger partial charge in [0.2, 0.25) is 0 Å². The van der Waals surface area contributed by atoms with Gasteiger partial charge in [-0.2, -0.15) is 0 Å². The summed E-state index contributed by atoms with van der Waals surface area (Å²) in [4.78, 5) is 44.6. The van der Waals surface area contributed by atoms with E-state index in [1.54, 1.807) is 75.5 Å². The average molecular weight is 487 g/mol. The van der Waals surface area contributed by atoms with Crippen molar-refractivity contribution in [3.8, 4) is 5.75 Å². The highest BCUT2D eigenvalue weighted by Gasteiger charge is 2.47. The fourth-order valence-electron chi connectivity index (χ4n) is 4.19. The molecule has 0 aliphatic carbocycles. The molecular formula is C28H26N2O6. The molecule has 0 spiro atoms. The Labute approximate surface area is 208 Å². The van der Waals surface area contributed by atoms with Gasteiger partial charge in [0, 0.05) is 23.6 Å². The number of hydrogen-bond donors (Lipinski definition) is 1. The van der Waals surface area contributed by atoms with Gasteiger partial charge in [-0.1, -0.05) is 12.1 Å². The molecule has 0 bridgehead atoms. The van der Waals surface area contributed by atoms with Crippen molar-refractivity contribution in [1.29, 1.82) is 0 Å². The Morgan fingerprint density at radius 1 is 1.08 bits per heavy atom. The van der Waals surface area contributed by atoms with E-state index in [4.69, 9.17) is 9.47 Å². The van der Waals surface area contributed by atoms with Gasteiger partial charge in [-0.15, -0.1) is 0 Å². The lowest BCUT2D eigenvalue weighted by Gasteiger charge is -2.25. The smallest absolute Gasteiger partial charge is 0.338 e. The number of pyridine rings is 1. The van der Waals surface area contributed by atoms with E-state index in [9.17, 15) is 19.5 Å². The number of aliphatic hydroxyl groups is 1. The third-order valence-corrected chi connectivity index (χ3v) is 5.84. The molecule has 1 saturated heterocycles. The van der Waals surface area contributed by atoms with Crippen LogP contribution >= 0.6 is 0 Å². The number of aliphatic hydroxyl groups excluding tert-OH is 1. The zero-order valence-electron chi connectivity index (χ0n) is 20.4. The van der Waals surface area contributed by atoms with Crippen LogP contribution in [-0.4, -0.2) is 41.0 Å². The van der Waals surface area contributed by atoms with Crippen LogP contribution in [0.4, 0.5) is 5.69 Å². The summed E-state index contributed by atoms with van der Waals surface area (Å²) in [6.07, 6.45) is 2.79. The van der Waals surface area contributed by atoms with Gasteiger partial charge in [0.25, 0.3) is 11.7 Å². The van der Waals surface area contributed by atoms with Gasteiger partial charge in [0.15, 0.2) is 0 Å². The van der Waals surface area contributed by atoms with Crippen LogP contribution in [-0.2, 0) is 14.3 Å². The number of aryl methyl sites for hydroxylation is 1. The standard InChI is InChI=1S/C28H26N2O6/c1-16(2)36-28(34)18-7-5-9-20(14-18)30-24(19-8-6-12-29-15-19)23(26(32)27(30)33)25(31)22-11-10-21(35-4)13-17(22)3/h5-16,24,31H,1-4H3/b25-23-. The van der Waals surface area contributed by atoms with Crippen molar-refractivity contribution in [2.45, 2.75) is 32.9 Å². The molecule has 1 aromatic heterocycles. The summed E-state index contributed by atoms with van der Waals surface area (Å²) in [5.41, 5.74) is 2.07. The minimum absolute atomic E-state index is 0.0728. The number of methoxy groups -OCH3 is 1. The number of carbonyl (C=O) groups excluding carboxylic acids is 3. The summed E-state index contributed by atoms with van der Waals surface area (Å²) < 4.78 is 10.5. The molecule has 1 unspecified atom stereocenters. The molecule has 1 fully saturated rings. The molecule has 0 radical (unpaired) electrons. The van der Waals surface area contributed by atoms with Crippen molar-refractivity contribution in [3.63, 3.8) is 0 Å². The number of ether oxygens (including phenoxy) is 2. The van der Waals surface area contributed by atoms with E-state index in [1.165, 1.54) is 24.3 Å². The Bertz CT molecular complexity index is 1360. The van der Waals surface area contributed by atoms with E-state index in [0.717, 1.165) is 0 Å². The summed E-state index contributed by atoms with van der Waals surface area (Å²) in [5.74, 6) is -1.92. The molecule has 184 valence electrons. The van der Waals surface area contributed by atoms with Gasteiger partial charge in [-0.25, -0.2) is 4.79 Å². The van der Waals surface area contributed by atoms with E-state index < -0.39 is 23.7 Å². The van der Waals surface area contributed by atoms with Gasteiger partial charge >= 0.3 is 5.97 Å². The Balaban J connectivity index is 1.89. The van der Waals surface area contributed by atoms with Gasteiger partial charge in [-0.05, 0) is 74.4 Å². The van der Waals surface area contributed by atoms with Crippen LogP contribution < -0.4 is 9.64 Å². The number of aromatic nitrogens is 1. The van der Waals surface area contributed by atoms with Crippen molar-refractivity contribution < 1.29 is 29.0 Å². The number of amides is 1. The minimum Gasteiger partial charge on any atom is -0.507 e. The van der Waals surface area contributed by atoms with Gasteiger partial charge in [0.05, 0.1) is 30.4 Å². The quantitative estimate of drug-likeness (QED) is 0.235. The Hall–Kier alpha value is -4.46. The molecule has 1 amide bonds. The Kier molecular flexibility index (Phi) is 6.87. The van der Waals surface area contributed by atoms with Crippen LogP contribution in [0.2, 0.25) is 0 Å². The lowest BCUT2D eigenvalue weighted by molar-refractivity contribution is -0.132. The van der Waals surface area contributed by atoms with Crippen LogP contribution in [0.1, 0.15) is 46.9 Å². The monoisotopic (exact) mass is 486 g/mol. The maximum atomic E-state index is 13.4. The van der Waals surface area contributed by atoms with Crippen molar-refractivity contribution in [3.05, 3.63) is 94.8 Å². The predicted molar refractivity (Wildman–Crippen MR) is 134 cm³/mol. The molecular weight excluding hydrogens is 460 g/mol. The number of ketones is 1. The van der Waals surface area contributed by atoms with Crippen LogP contribution in [0.15, 0.2) is 72.6 Å². The van der Waals surface area contributed by atoms with Gasteiger partial charge in [-0.3, -0.25) is 19.5 Å². The second-order valence-corrected chi connectivity index (χ2v) is 8.64. The maximum absolute atomic E-state index is 13.4. The first kappa shape index (κ1) is 24.7. The largest absolute Gasteiger partial charge is 0.507 e. The van der Waals surface area contributed by atoms with Crippen LogP contribution in [0.3, 0.4) is 0 Å². The Morgan fingerprint density at radius 2 is 1.86 bits per heavy atom. The highest BCUT2D eigenvalue weighted by atomic mass is 16.5. The van der Waals surface area contributed by atoms with Gasteiger partial charge in [0.1, 0.15) is 11.5 Å². The number of benzene rings is 2. The van der Waals surface area contributed by atoms with Crippen LogP contribution in [0.25, 0.3) is 5.76 Å². The number of nitrogens with zero attached hydrogens (tertiary/aromatic N) is 2. The number of Topliss-reactive ketones (excluding diaryl/α,β-unsaturated/α-hetero) is 1. The zero-order chi connectivity index (χ0) is 26.0.